The molecular formula is C18H10BrI2N. The fourth-order valence-corrected chi connectivity index (χ4v) is 5.22. The molecule has 0 aliphatic carbocycles. The topological polar surface area (TPSA) is 15.8 Å². The molecule has 22 heavy (non-hydrogen) atoms. The van der Waals surface area contributed by atoms with Crippen LogP contribution in [0.4, 0.5) is 0 Å². The lowest BCUT2D eigenvalue weighted by Crippen LogP contribution is -1.90. The van der Waals surface area contributed by atoms with Gasteiger partial charge in [0.1, 0.15) is 0 Å². The summed E-state index contributed by atoms with van der Waals surface area (Å²) in [5.74, 6) is 0. The Balaban J connectivity index is 2.26. The van der Waals surface area contributed by atoms with Crippen LogP contribution in [0, 0.1) is 7.14 Å². The summed E-state index contributed by atoms with van der Waals surface area (Å²) in [7, 11) is 0. The summed E-state index contributed by atoms with van der Waals surface area (Å²) in [4.78, 5) is 3.62. The number of aromatic nitrogens is 1. The molecule has 0 aliphatic rings. The standard InChI is InChI=1S/C18H10BrI2N/c19-15-13(10-6-2-1-3-7-10)18-14(16(20)17(15)21)11-8-4-5-9-12(11)22-18/h1-9,22H. The van der Waals surface area contributed by atoms with Crippen molar-refractivity contribution < 1.29 is 0 Å². The maximum absolute atomic E-state index is 3.81. The lowest BCUT2D eigenvalue weighted by atomic mass is 10.0. The van der Waals surface area contributed by atoms with Crippen LogP contribution in [0.2, 0.25) is 0 Å². The summed E-state index contributed by atoms with van der Waals surface area (Å²) in [6.45, 7) is 0. The van der Waals surface area contributed by atoms with Crippen molar-refractivity contribution in [2.75, 3.05) is 0 Å². The molecule has 108 valence electrons. The number of halogens is 3. The van der Waals surface area contributed by atoms with Gasteiger partial charge in [-0.05, 0) is 72.7 Å². The van der Waals surface area contributed by atoms with Crippen LogP contribution in [0.5, 0.6) is 0 Å². The van der Waals surface area contributed by atoms with E-state index in [4.69, 9.17) is 0 Å². The Bertz CT molecular complexity index is 1010. The van der Waals surface area contributed by atoms with E-state index in [9.17, 15) is 0 Å². The highest BCUT2D eigenvalue weighted by atomic mass is 127. The summed E-state index contributed by atoms with van der Waals surface area (Å²) in [6.07, 6.45) is 0. The maximum atomic E-state index is 3.81. The molecule has 0 bridgehead atoms. The molecule has 0 unspecified atom stereocenters. The number of para-hydroxylation sites is 1. The van der Waals surface area contributed by atoms with Crippen LogP contribution < -0.4 is 0 Å². The number of aromatic amines is 1. The van der Waals surface area contributed by atoms with E-state index in [1.807, 2.05) is 0 Å². The fourth-order valence-electron chi connectivity index (χ4n) is 2.86. The zero-order valence-corrected chi connectivity index (χ0v) is 17.2. The molecular weight excluding hydrogens is 564 g/mol. The lowest BCUT2D eigenvalue weighted by molar-refractivity contribution is 1.50. The minimum absolute atomic E-state index is 1.16. The van der Waals surface area contributed by atoms with Crippen molar-refractivity contribution in [3.05, 3.63) is 66.2 Å². The zero-order valence-electron chi connectivity index (χ0n) is 11.3. The van der Waals surface area contributed by atoms with Crippen molar-refractivity contribution in [2.45, 2.75) is 0 Å². The average molecular weight is 574 g/mol. The fraction of sp³-hybridized carbons (Fsp3) is 0. The van der Waals surface area contributed by atoms with E-state index in [0.717, 1.165) is 4.47 Å². The van der Waals surface area contributed by atoms with Gasteiger partial charge in [-0.2, -0.15) is 0 Å². The zero-order chi connectivity index (χ0) is 15.3. The highest BCUT2D eigenvalue weighted by molar-refractivity contribution is 14.1. The van der Waals surface area contributed by atoms with E-state index in [1.165, 1.54) is 40.1 Å². The Kier molecular flexibility index (Phi) is 3.94. The van der Waals surface area contributed by atoms with Crippen molar-refractivity contribution in [1.82, 2.24) is 4.98 Å². The third-order valence-corrected chi connectivity index (χ3v) is 8.57. The molecule has 0 saturated carbocycles. The average Bonchev–Trinajstić information content (AvgIpc) is 2.93. The predicted molar refractivity (Wildman–Crippen MR) is 114 cm³/mol. The number of benzene rings is 3. The molecule has 4 aromatic rings. The van der Waals surface area contributed by atoms with E-state index in [-0.39, 0.29) is 0 Å². The number of rotatable bonds is 1. The molecule has 0 aliphatic heterocycles. The normalized spacial score (nSPS) is 11.4. The van der Waals surface area contributed by atoms with Crippen LogP contribution in [0.1, 0.15) is 0 Å². The van der Waals surface area contributed by atoms with Gasteiger partial charge < -0.3 is 4.98 Å². The summed E-state index contributed by atoms with van der Waals surface area (Å²) in [5.41, 5.74) is 4.84. The number of H-pyrrole nitrogens is 1. The molecule has 3 aromatic carbocycles. The van der Waals surface area contributed by atoms with E-state index in [2.05, 4.69) is 121 Å². The summed E-state index contributed by atoms with van der Waals surface area (Å²) < 4.78 is 3.70. The first kappa shape index (κ1) is 15.0. The van der Waals surface area contributed by atoms with Gasteiger partial charge in [0.25, 0.3) is 0 Å². The molecule has 1 N–H and O–H groups in total. The number of hydrogen-bond donors (Lipinski definition) is 1. The smallest absolute Gasteiger partial charge is 0.0567 e. The first-order chi connectivity index (χ1) is 10.7. The number of hydrogen-bond acceptors (Lipinski definition) is 0. The Hall–Kier alpha value is -0.600. The molecule has 0 fully saturated rings. The van der Waals surface area contributed by atoms with Crippen molar-refractivity contribution >= 4 is 82.9 Å². The van der Waals surface area contributed by atoms with Gasteiger partial charge in [-0.15, -0.1) is 0 Å². The van der Waals surface area contributed by atoms with Gasteiger partial charge in [0.15, 0.2) is 0 Å². The van der Waals surface area contributed by atoms with Crippen molar-refractivity contribution in [1.29, 1.82) is 0 Å². The summed E-state index contributed by atoms with van der Waals surface area (Å²) >= 11 is 8.70. The molecule has 4 rings (SSSR count). The molecule has 0 atom stereocenters. The van der Waals surface area contributed by atoms with Gasteiger partial charge in [-0.25, -0.2) is 0 Å². The van der Waals surface area contributed by atoms with E-state index < -0.39 is 0 Å². The lowest BCUT2D eigenvalue weighted by Gasteiger charge is -2.11. The maximum Gasteiger partial charge on any atom is 0.0567 e. The molecule has 0 spiro atoms. The minimum atomic E-state index is 1.16. The van der Waals surface area contributed by atoms with Crippen LogP contribution in [0.15, 0.2) is 59.1 Å². The molecule has 1 aromatic heterocycles. The second-order valence-electron chi connectivity index (χ2n) is 5.10. The van der Waals surface area contributed by atoms with Crippen LogP contribution in [-0.4, -0.2) is 4.98 Å². The number of nitrogens with one attached hydrogen (secondary N) is 1. The Morgan fingerprint density at radius 2 is 1.50 bits per heavy atom. The largest absolute Gasteiger partial charge is 0.354 e. The van der Waals surface area contributed by atoms with Gasteiger partial charge >= 0.3 is 0 Å². The van der Waals surface area contributed by atoms with Crippen LogP contribution >= 0.6 is 61.1 Å². The Morgan fingerprint density at radius 3 is 2.27 bits per heavy atom. The summed E-state index contributed by atoms with van der Waals surface area (Å²) in [6, 6.07) is 19.0. The third-order valence-electron chi connectivity index (χ3n) is 3.84. The second kappa shape index (κ2) is 5.79. The molecule has 0 saturated heterocycles. The SMILES string of the molecule is Brc1c(I)c(I)c2c([nH]c3ccccc32)c1-c1ccccc1. The predicted octanol–water partition coefficient (Wildman–Crippen LogP) is 6.96. The van der Waals surface area contributed by atoms with Gasteiger partial charge in [0.05, 0.1) is 5.52 Å². The van der Waals surface area contributed by atoms with Crippen LogP contribution in [-0.2, 0) is 0 Å². The van der Waals surface area contributed by atoms with E-state index in [1.54, 1.807) is 0 Å². The van der Waals surface area contributed by atoms with Gasteiger partial charge in [-0.3, -0.25) is 0 Å². The first-order valence-electron chi connectivity index (χ1n) is 6.80. The van der Waals surface area contributed by atoms with Crippen molar-refractivity contribution in [3.8, 4) is 11.1 Å². The molecule has 0 amide bonds. The molecule has 0 radical (unpaired) electrons. The molecule has 1 heterocycles. The quantitative estimate of drug-likeness (QED) is 0.187. The summed E-state index contributed by atoms with van der Waals surface area (Å²) in [5, 5.41) is 2.59. The Morgan fingerprint density at radius 1 is 0.818 bits per heavy atom. The van der Waals surface area contributed by atoms with Crippen molar-refractivity contribution in [2.24, 2.45) is 0 Å². The highest BCUT2D eigenvalue weighted by Crippen LogP contribution is 2.43. The van der Waals surface area contributed by atoms with Gasteiger partial charge in [0, 0.05) is 33.5 Å². The second-order valence-corrected chi connectivity index (χ2v) is 8.05. The van der Waals surface area contributed by atoms with Crippen LogP contribution in [0.3, 0.4) is 0 Å². The first-order valence-corrected chi connectivity index (χ1v) is 9.76. The minimum Gasteiger partial charge on any atom is -0.354 e. The van der Waals surface area contributed by atoms with Crippen molar-refractivity contribution in [3.63, 3.8) is 0 Å². The van der Waals surface area contributed by atoms with E-state index in [0.29, 0.717) is 0 Å². The van der Waals surface area contributed by atoms with Gasteiger partial charge in [-0.1, -0.05) is 48.5 Å². The van der Waals surface area contributed by atoms with Gasteiger partial charge in [0.2, 0.25) is 0 Å². The van der Waals surface area contributed by atoms with E-state index >= 15 is 0 Å². The third kappa shape index (κ3) is 2.22. The number of fused-ring (bicyclic) bond motifs is 3. The molecule has 1 nitrogen and oxygen atoms in total. The van der Waals surface area contributed by atoms with Crippen LogP contribution in [0.25, 0.3) is 32.9 Å². The highest BCUT2D eigenvalue weighted by Gasteiger charge is 2.19. The molecule has 4 heteroatoms. The monoisotopic (exact) mass is 573 g/mol. The Labute approximate surface area is 163 Å².